The SMILES string of the molecule is Cn1c(-c2[nH]ncc2N)cc2ccc(C(F)(F)F)cc21. The molecule has 0 atom stereocenters. The maximum Gasteiger partial charge on any atom is 0.416 e. The Labute approximate surface area is 112 Å². The zero-order valence-electron chi connectivity index (χ0n) is 10.5. The fourth-order valence-electron chi connectivity index (χ4n) is 2.25. The average molecular weight is 280 g/mol. The van der Waals surface area contributed by atoms with Crippen molar-refractivity contribution in [2.45, 2.75) is 6.18 Å². The molecule has 7 heteroatoms. The van der Waals surface area contributed by atoms with Crippen LogP contribution >= 0.6 is 0 Å². The first-order valence-corrected chi connectivity index (χ1v) is 5.84. The van der Waals surface area contributed by atoms with E-state index in [-0.39, 0.29) is 0 Å². The Bertz CT molecular complexity index is 783. The lowest BCUT2D eigenvalue weighted by atomic mass is 10.1. The first kappa shape index (κ1) is 12.6. The van der Waals surface area contributed by atoms with Gasteiger partial charge in [-0.1, -0.05) is 6.07 Å². The molecule has 0 bridgehead atoms. The maximum atomic E-state index is 12.7. The molecule has 0 saturated heterocycles. The third-order valence-electron chi connectivity index (χ3n) is 3.30. The van der Waals surface area contributed by atoms with Crippen molar-refractivity contribution in [3.05, 3.63) is 36.0 Å². The molecule has 3 aromatic rings. The van der Waals surface area contributed by atoms with Gasteiger partial charge in [-0.3, -0.25) is 5.10 Å². The number of benzene rings is 1. The summed E-state index contributed by atoms with van der Waals surface area (Å²) in [4.78, 5) is 0. The minimum Gasteiger partial charge on any atom is -0.396 e. The van der Waals surface area contributed by atoms with Gasteiger partial charge in [0.15, 0.2) is 0 Å². The van der Waals surface area contributed by atoms with E-state index in [9.17, 15) is 13.2 Å². The number of nitrogens with two attached hydrogens (primary N) is 1. The Morgan fingerprint density at radius 2 is 2.00 bits per heavy atom. The maximum absolute atomic E-state index is 12.7. The lowest BCUT2D eigenvalue weighted by Gasteiger charge is -2.07. The molecule has 2 heterocycles. The molecule has 104 valence electrons. The lowest BCUT2D eigenvalue weighted by molar-refractivity contribution is -0.137. The second-order valence-electron chi connectivity index (χ2n) is 4.56. The molecule has 0 fully saturated rings. The van der Waals surface area contributed by atoms with Crippen LogP contribution in [0.25, 0.3) is 22.3 Å². The Balaban J connectivity index is 2.23. The van der Waals surface area contributed by atoms with E-state index in [0.717, 1.165) is 12.1 Å². The summed E-state index contributed by atoms with van der Waals surface area (Å²) >= 11 is 0. The summed E-state index contributed by atoms with van der Waals surface area (Å²) in [5, 5.41) is 7.29. The zero-order valence-corrected chi connectivity index (χ0v) is 10.5. The molecule has 0 spiro atoms. The summed E-state index contributed by atoms with van der Waals surface area (Å²) in [6, 6.07) is 5.43. The normalized spacial score (nSPS) is 12.2. The summed E-state index contributed by atoms with van der Waals surface area (Å²) < 4.78 is 39.9. The fraction of sp³-hybridized carbons (Fsp3) is 0.154. The third-order valence-corrected chi connectivity index (χ3v) is 3.30. The highest BCUT2D eigenvalue weighted by atomic mass is 19.4. The van der Waals surface area contributed by atoms with E-state index < -0.39 is 11.7 Å². The summed E-state index contributed by atoms with van der Waals surface area (Å²) in [7, 11) is 1.69. The number of halogens is 3. The summed E-state index contributed by atoms with van der Waals surface area (Å²) in [5.74, 6) is 0. The fourth-order valence-corrected chi connectivity index (χ4v) is 2.25. The van der Waals surface area contributed by atoms with Crippen LogP contribution in [0, 0.1) is 0 Å². The number of nitrogen functional groups attached to an aromatic ring is 1. The number of aryl methyl sites for hydroxylation is 1. The van der Waals surface area contributed by atoms with Crippen LogP contribution in [0.15, 0.2) is 30.5 Å². The van der Waals surface area contributed by atoms with Gasteiger partial charge in [0.1, 0.15) is 5.69 Å². The number of fused-ring (bicyclic) bond motifs is 1. The van der Waals surface area contributed by atoms with Gasteiger partial charge < -0.3 is 10.3 Å². The van der Waals surface area contributed by atoms with E-state index in [4.69, 9.17) is 5.73 Å². The highest BCUT2D eigenvalue weighted by Crippen LogP contribution is 2.34. The van der Waals surface area contributed by atoms with Crippen molar-refractivity contribution in [1.29, 1.82) is 0 Å². The number of anilines is 1. The predicted molar refractivity (Wildman–Crippen MR) is 69.9 cm³/mol. The molecule has 1 aromatic carbocycles. The van der Waals surface area contributed by atoms with Crippen molar-refractivity contribution in [2.24, 2.45) is 7.05 Å². The van der Waals surface area contributed by atoms with Crippen LogP contribution < -0.4 is 5.73 Å². The van der Waals surface area contributed by atoms with Gasteiger partial charge in [0.05, 0.1) is 23.1 Å². The second-order valence-corrected chi connectivity index (χ2v) is 4.56. The predicted octanol–water partition coefficient (Wildman–Crippen LogP) is 3.17. The van der Waals surface area contributed by atoms with Gasteiger partial charge in [-0.05, 0) is 18.2 Å². The van der Waals surface area contributed by atoms with Crippen molar-refractivity contribution in [1.82, 2.24) is 14.8 Å². The number of hydrogen-bond acceptors (Lipinski definition) is 2. The summed E-state index contributed by atoms with van der Waals surface area (Å²) in [6.07, 6.45) is -2.89. The van der Waals surface area contributed by atoms with Gasteiger partial charge in [0.2, 0.25) is 0 Å². The Kier molecular flexibility index (Phi) is 2.53. The standard InChI is InChI=1S/C13H11F3N4/c1-20-10-5-8(13(14,15)16)3-2-7(10)4-11(20)12-9(17)6-18-19-12/h2-6H,17H2,1H3,(H,18,19). The van der Waals surface area contributed by atoms with Crippen LogP contribution in [-0.4, -0.2) is 14.8 Å². The molecule has 0 unspecified atom stereocenters. The molecule has 0 saturated carbocycles. The average Bonchev–Trinajstić information content (AvgIpc) is 2.92. The molecule has 0 aliphatic rings. The number of alkyl halides is 3. The molecule has 0 aliphatic carbocycles. The molecule has 0 aliphatic heterocycles. The molecular weight excluding hydrogens is 269 g/mol. The van der Waals surface area contributed by atoms with Crippen molar-refractivity contribution in [3.8, 4) is 11.4 Å². The van der Waals surface area contributed by atoms with E-state index in [0.29, 0.717) is 28.0 Å². The molecule has 0 amide bonds. The van der Waals surface area contributed by atoms with Crippen LogP contribution in [-0.2, 0) is 13.2 Å². The van der Waals surface area contributed by atoms with E-state index in [2.05, 4.69) is 10.2 Å². The molecule has 3 N–H and O–H groups in total. The Morgan fingerprint density at radius 1 is 1.25 bits per heavy atom. The van der Waals surface area contributed by atoms with Crippen molar-refractivity contribution >= 4 is 16.6 Å². The highest BCUT2D eigenvalue weighted by Gasteiger charge is 2.30. The number of rotatable bonds is 1. The van der Waals surface area contributed by atoms with Crippen molar-refractivity contribution in [2.75, 3.05) is 5.73 Å². The van der Waals surface area contributed by atoms with E-state index in [1.54, 1.807) is 17.7 Å². The lowest BCUT2D eigenvalue weighted by Crippen LogP contribution is -2.04. The second kappa shape index (κ2) is 4.03. The molecule has 20 heavy (non-hydrogen) atoms. The highest BCUT2D eigenvalue weighted by molar-refractivity contribution is 5.88. The van der Waals surface area contributed by atoms with Crippen LogP contribution in [0.5, 0.6) is 0 Å². The minimum absolute atomic E-state index is 0.451. The Hall–Kier alpha value is -2.44. The smallest absolute Gasteiger partial charge is 0.396 e. The number of nitrogens with one attached hydrogen (secondary N) is 1. The first-order chi connectivity index (χ1) is 9.38. The van der Waals surface area contributed by atoms with Gasteiger partial charge in [-0.15, -0.1) is 0 Å². The van der Waals surface area contributed by atoms with Crippen LogP contribution in [0.3, 0.4) is 0 Å². The Morgan fingerprint density at radius 3 is 2.60 bits per heavy atom. The van der Waals surface area contributed by atoms with E-state index >= 15 is 0 Å². The molecule has 2 aromatic heterocycles. The van der Waals surface area contributed by atoms with Gasteiger partial charge in [-0.2, -0.15) is 18.3 Å². The molecule has 4 nitrogen and oxygen atoms in total. The topological polar surface area (TPSA) is 59.6 Å². The van der Waals surface area contributed by atoms with Gasteiger partial charge in [-0.25, -0.2) is 0 Å². The van der Waals surface area contributed by atoms with Crippen molar-refractivity contribution in [3.63, 3.8) is 0 Å². The van der Waals surface area contributed by atoms with Crippen LogP contribution in [0.1, 0.15) is 5.56 Å². The van der Waals surface area contributed by atoms with Gasteiger partial charge in [0.25, 0.3) is 0 Å². The monoisotopic (exact) mass is 280 g/mol. The van der Waals surface area contributed by atoms with Gasteiger partial charge in [0, 0.05) is 18.0 Å². The van der Waals surface area contributed by atoms with Crippen LogP contribution in [0.2, 0.25) is 0 Å². The minimum atomic E-state index is -4.36. The largest absolute Gasteiger partial charge is 0.416 e. The van der Waals surface area contributed by atoms with E-state index in [1.165, 1.54) is 12.3 Å². The zero-order chi connectivity index (χ0) is 14.5. The number of aromatic amines is 1. The first-order valence-electron chi connectivity index (χ1n) is 5.84. The number of nitrogens with zero attached hydrogens (tertiary/aromatic N) is 2. The number of hydrogen-bond donors (Lipinski definition) is 2. The summed E-state index contributed by atoms with van der Waals surface area (Å²) in [5.41, 5.74) is 7.33. The van der Waals surface area contributed by atoms with E-state index in [1.807, 2.05) is 0 Å². The van der Waals surface area contributed by atoms with Gasteiger partial charge >= 0.3 is 6.18 Å². The third kappa shape index (κ3) is 1.82. The quantitative estimate of drug-likeness (QED) is 0.719. The molecule has 3 rings (SSSR count). The molecular formula is C13H11F3N4. The number of H-pyrrole nitrogens is 1. The molecule has 0 radical (unpaired) electrons. The van der Waals surface area contributed by atoms with Crippen LogP contribution in [0.4, 0.5) is 18.9 Å². The van der Waals surface area contributed by atoms with Crippen molar-refractivity contribution < 1.29 is 13.2 Å². The number of aromatic nitrogens is 3. The summed E-state index contributed by atoms with van der Waals surface area (Å²) in [6.45, 7) is 0.